The van der Waals surface area contributed by atoms with Gasteiger partial charge in [0.15, 0.2) is 5.82 Å². The second kappa shape index (κ2) is 7.38. The molecule has 0 saturated carbocycles. The van der Waals surface area contributed by atoms with Gasteiger partial charge in [-0.1, -0.05) is 11.6 Å². The maximum Gasteiger partial charge on any atom is 0.315 e. The van der Waals surface area contributed by atoms with E-state index >= 15 is 0 Å². The second-order valence-corrected chi connectivity index (χ2v) is 5.53. The van der Waals surface area contributed by atoms with Gasteiger partial charge in [0.2, 0.25) is 0 Å². The van der Waals surface area contributed by atoms with Crippen molar-refractivity contribution in [1.82, 2.24) is 25.4 Å². The Bertz CT molecular complexity index is 673. The first-order chi connectivity index (χ1) is 10.9. The van der Waals surface area contributed by atoms with Crippen LogP contribution in [0.2, 0.25) is 5.02 Å². The molecular weight excluding hydrogens is 325 g/mol. The molecule has 0 fully saturated rings. The number of urea groups is 1. The van der Waals surface area contributed by atoms with Crippen LogP contribution in [0.15, 0.2) is 24.5 Å². The monoisotopic (exact) mass is 341 g/mol. The summed E-state index contributed by atoms with van der Waals surface area (Å²) in [5.41, 5.74) is 0.289. The van der Waals surface area contributed by atoms with Crippen LogP contribution in [0.4, 0.5) is 9.18 Å². The normalized spacial score (nSPS) is 13.4. The van der Waals surface area contributed by atoms with Crippen LogP contribution in [0.5, 0.6) is 0 Å². The van der Waals surface area contributed by atoms with E-state index in [1.54, 1.807) is 18.5 Å². The third kappa shape index (κ3) is 4.64. The molecule has 0 bridgehead atoms. The van der Waals surface area contributed by atoms with E-state index < -0.39 is 18.0 Å². The van der Waals surface area contributed by atoms with Gasteiger partial charge < -0.3 is 20.3 Å². The number of aryl methyl sites for hydroxylation is 1. The van der Waals surface area contributed by atoms with Gasteiger partial charge in [-0.05, 0) is 30.7 Å². The molecule has 0 aliphatic carbocycles. The summed E-state index contributed by atoms with van der Waals surface area (Å²) in [4.78, 5) is 11.8. The van der Waals surface area contributed by atoms with Gasteiger partial charge in [-0.2, -0.15) is 0 Å². The number of halogens is 2. The SMILES string of the molecule is CC(NC(=O)NCC(O)c1cc(F)cc(Cl)c1)c1nncn1C. The Balaban J connectivity index is 1.87. The minimum Gasteiger partial charge on any atom is -0.387 e. The lowest BCUT2D eigenvalue weighted by molar-refractivity contribution is 0.172. The Labute approximate surface area is 137 Å². The van der Waals surface area contributed by atoms with Gasteiger partial charge in [-0.15, -0.1) is 10.2 Å². The summed E-state index contributed by atoms with van der Waals surface area (Å²) < 4.78 is 14.9. The number of amides is 2. The molecule has 2 unspecified atom stereocenters. The molecular formula is C14H17ClFN5O2. The smallest absolute Gasteiger partial charge is 0.315 e. The summed E-state index contributed by atoms with van der Waals surface area (Å²) in [5, 5.41) is 23.0. The Morgan fingerprint density at radius 3 is 2.83 bits per heavy atom. The third-order valence-electron chi connectivity index (χ3n) is 3.21. The standard InChI is InChI=1S/C14H17ClFN5O2/c1-8(13-20-18-7-21(13)2)19-14(23)17-6-12(22)9-3-10(15)5-11(16)4-9/h3-5,7-8,12,22H,6H2,1-2H3,(H2,17,19,23). The Morgan fingerprint density at radius 2 is 2.22 bits per heavy atom. The number of carbonyl (C=O) groups excluding carboxylic acids is 1. The first-order valence-corrected chi connectivity index (χ1v) is 7.27. The maximum absolute atomic E-state index is 13.2. The van der Waals surface area contributed by atoms with Crippen molar-refractivity contribution in [2.24, 2.45) is 7.05 Å². The van der Waals surface area contributed by atoms with Crippen LogP contribution in [-0.4, -0.2) is 32.4 Å². The number of aliphatic hydroxyl groups excluding tert-OH is 1. The topological polar surface area (TPSA) is 92.1 Å². The lowest BCUT2D eigenvalue weighted by atomic mass is 10.1. The highest BCUT2D eigenvalue weighted by molar-refractivity contribution is 6.30. The highest BCUT2D eigenvalue weighted by Gasteiger charge is 2.16. The molecule has 0 aliphatic rings. The summed E-state index contributed by atoms with van der Waals surface area (Å²) in [5.74, 6) is 0.0458. The average molecular weight is 342 g/mol. The lowest BCUT2D eigenvalue weighted by Gasteiger charge is -2.16. The summed E-state index contributed by atoms with van der Waals surface area (Å²) in [7, 11) is 1.77. The van der Waals surface area contributed by atoms with Crippen molar-refractivity contribution in [2.75, 3.05) is 6.54 Å². The van der Waals surface area contributed by atoms with Crippen molar-refractivity contribution in [3.8, 4) is 0 Å². The number of aromatic nitrogens is 3. The van der Waals surface area contributed by atoms with Crippen LogP contribution in [0.1, 0.15) is 30.5 Å². The van der Waals surface area contributed by atoms with Crippen LogP contribution in [0.3, 0.4) is 0 Å². The van der Waals surface area contributed by atoms with E-state index in [2.05, 4.69) is 20.8 Å². The van der Waals surface area contributed by atoms with E-state index in [0.717, 1.165) is 12.1 Å². The van der Waals surface area contributed by atoms with Crippen molar-refractivity contribution in [2.45, 2.75) is 19.1 Å². The van der Waals surface area contributed by atoms with Crippen LogP contribution in [0.25, 0.3) is 0 Å². The van der Waals surface area contributed by atoms with Crippen molar-refractivity contribution in [3.63, 3.8) is 0 Å². The van der Waals surface area contributed by atoms with Gasteiger partial charge in [0.05, 0.1) is 12.1 Å². The molecule has 9 heteroatoms. The van der Waals surface area contributed by atoms with Crippen LogP contribution in [0, 0.1) is 5.82 Å². The zero-order valence-corrected chi connectivity index (χ0v) is 13.4. The lowest BCUT2D eigenvalue weighted by Crippen LogP contribution is -2.39. The molecule has 2 rings (SSSR count). The molecule has 3 N–H and O–H groups in total. The highest BCUT2D eigenvalue weighted by Crippen LogP contribution is 2.19. The van der Waals surface area contributed by atoms with Gasteiger partial charge in [0.25, 0.3) is 0 Å². The van der Waals surface area contributed by atoms with Gasteiger partial charge in [0, 0.05) is 18.6 Å². The van der Waals surface area contributed by atoms with Gasteiger partial charge in [0.1, 0.15) is 12.1 Å². The number of nitrogens with one attached hydrogen (secondary N) is 2. The minimum absolute atomic E-state index is 0.0862. The summed E-state index contributed by atoms with van der Waals surface area (Å²) >= 11 is 5.73. The number of hydrogen-bond donors (Lipinski definition) is 3. The van der Waals surface area contributed by atoms with E-state index in [1.165, 1.54) is 12.4 Å². The van der Waals surface area contributed by atoms with E-state index in [0.29, 0.717) is 5.82 Å². The Kier molecular flexibility index (Phi) is 5.51. The zero-order valence-electron chi connectivity index (χ0n) is 12.6. The molecule has 0 spiro atoms. The largest absolute Gasteiger partial charge is 0.387 e. The second-order valence-electron chi connectivity index (χ2n) is 5.09. The van der Waals surface area contributed by atoms with Crippen molar-refractivity contribution in [1.29, 1.82) is 0 Å². The predicted octanol–water partition coefficient (Wildman–Crippen LogP) is 1.70. The molecule has 1 heterocycles. The van der Waals surface area contributed by atoms with E-state index in [1.807, 2.05) is 0 Å². The molecule has 7 nitrogen and oxygen atoms in total. The number of hydrogen-bond acceptors (Lipinski definition) is 4. The molecule has 1 aromatic carbocycles. The van der Waals surface area contributed by atoms with Gasteiger partial charge in [-0.25, -0.2) is 9.18 Å². The van der Waals surface area contributed by atoms with Gasteiger partial charge in [-0.3, -0.25) is 0 Å². The average Bonchev–Trinajstić information content (AvgIpc) is 2.90. The molecule has 0 aliphatic heterocycles. The molecule has 2 aromatic rings. The molecule has 0 radical (unpaired) electrons. The van der Waals surface area contributed by atoms with Gasteiger partial charge >= 0.3 is 6.03 Å². The fourth-order valence-electron chi connectivity index (χ4n) is 2.07. The molecule has 23 heavy (non-hydrogen) atoms. The minimum atomic E-state index is -1.07. The summed E-state index contributed by atoms with van der Waals surface area (Å²) in [6.07, 6.45) is 0.460. The summed E-state index contributed by atoms with van der Waals surface area (Å²) in [6.45, 7) is 1.67. The molecule has 124 valence electrons. The fraction of sp³-hybridized carbons (Fsp3) is 0.357. The molecule has 2 atom stereocenters. The fourth-order valence-corrected chi connectivity index (χ4v) is 2.30. The summed E-state index contributed by atoms with van der Waals surface area (Å²) in [6, 6.07) is 2.90. The Hall–Kier alpha value is -2.19. The van der Waals surface area contributed by atoms with Crippen LogP contribution in [-0.2, 0) is 7.05 Å². The Morgan fingerprint density at radius 1 is 1.48 bits per heavy atom. The molecule has 1 aromatic heterocycles. The number of rotatable bonds is 5. The molecule has 2 amide bonds. The van der Waals surface area contributed by atoms with Crippen molar-refractivity contribution >= 4 is 17.6 Å². The first-order valence-electron chi connectivity index (χ1n) is 6.89. The number of nitrogens with zero attached hydrogens (tertiary/aromatic N) is 3. The van der Waals surface area contributed by atoms with Crippen LogP contribution >= 0.6 is 11.6 Å². The van der Waals surface area contributed by atoms with Crippen LogP contribution < -0.4 is 10.6 Å². The zero-order chi connectivity index (χ0) is 17.0. The van der Waals surface area contributed by atoms with Crippen molar-refractivity contribution in [3.05, 3.63) is 46.8 Å². The first kappa shape index (κ1) is 17.2. The van der Waals surface area contributed by atoms with E-state index in [4.69, 9.17) is 11.6 Å². The number of carbonyl (C=O) groups is 1. The number of benzene rings is 1. The van der Waals surface area contributed by atoms with E-state index in [-0.39, 0.29) is 23.2 Å². The van der Waals surface area contributed by atoms with Crippen molar-refractivity contribution < 1.29 is 14.3 Å². The maximum atomic E-state index is 13.2. The highest BCUT2D eigenvalue weighted by atomic mass is 35.5. The molecule has 0 saturated heterocycles. The number of aliphatic hydroxyl groups is 1. The predicted molar refractivity (Wildman–Crippen MR) is 82.3 cm³/mol. The quantitative estimate of drug-likeness (QED) is 0.772. The van der Waals surface area contributed by atoms with E-state index in [9.17, 15) is 14.3 Å². The third-order valence-corrected chi connectivity index (χ3v) is 3.43.